The lowest BCUT2D eigenvalue weighted by atomic mass is 10.0. The molecule has 0 saturated heterocycles. The Labute approximate surface area is 220 Å². The lowest BCUT2D eigenvalue weighted by Crippen LogP contribution is -2.16. The summed E-state index contributed by atoms with van der Waals surface area (Å²) >= 11 is 7.64. The van der Waals surface area contributed by atoms with Gasteiger partial charge in [-0.3, -0.25) is 4.98 Å². The Hall–Kier alpha value is -3.69. The SMILES string of the molecule is FC(F)(F)Oc1ccc(-c2ccc(CCCNc3nc(-c4ccccn4)nc4sc(Cl)cc34)cc2)cc1. The summed E-state index contributed by atoms with van der Waals surface area (Å²) < 4.78 is 41.6. The molecule has 0 amide bonds. The number of hydrogen-bond acceptors (Lipinski definition) is 6. The van der Waals surface area contributed by atoms with E-state index >= 15 is 0 Å². The molecule has 0 spiro atoms. The Balaban J connectivity index is 1.20. The molecule has 5 rings (SSSR count). The van der Waals surface area contributed by atoms with Crippen molar-refractivity contribution in [3.05, 3.63) is 88.9 Å². The lowest BCUT2D eigenvalue weighted by Gasteiger charge is -2.10. The quantitative estimate of drug-likeness (QED) is 0.202. The van der Waals surface area contributed by atoms with Gasteiger partial charge >= 0.3 is 6.36 Å². The Morgan fingerprint density at radius 3 is 2.32 bits per heavy atom. The van der Waals surface area contributed by atoms with Gasteiger partial charge in [0.05, 0.1) is 9.72 Å². The largest absolute Gasteiger partial charge is 0.573 e. The maximum Gasteiger partial charge on any atom is 0.573 e. The molecular formula is C27H20ClF3N4OS. The van der Waals surface area contributed by atoms with Crippen LogP contribution in [0.1, 0.15) is 12.0 Å². The number of pyridine rings is 1. The highest BCUT2D eigenvalue weighted by Gasteiger charge is 2.30. The van der Waals surface area contributed by atoms with Crippen molar-refractivity contribution in [3.63, 3.8) is 0 Å². The fourth-order valence-electron chi connectivity index (χ4n) is 3.85. The van der Waals surface area contributed by atoms with Gasteiger partial charge < -0.3 is 10.1 Å². The van der Waals surface area contributed by atoms with Gasteiger partial charge in [0.15, 0.2) is 5.82 Å². The highest BCUT2D eigenvalue weighted by atomic mass is 35.5. The minimum atomic E-state index is -4.70. The molecule has 188 valence electrons. The molecule has 2 aromatic carbocycles. The van der Waals surface area contributed by atoms with Crippen LogP contribution in [0.25, 0.3) is 32.9 Å². The Kier molecular flexibility index (Phi) is 7.25. The molecule has 1 N–H and O–H groups in total. The van der Waals surface area contributed by atoms with Gasteiger partial charge in [-0.2, -0.15) is 0 Å². The number of thiophene rings is 1. The molecule has 0 aliphatic heterocycles. The number of ether oxygens (including phenoxy) is 1. The average Bonchev–Trinajstić information content (AvgIpc) is 3.27. The third kappa shape index (κ3) is 6.36. The van der Waals surface area contributed by atoms with E-state index in [-0.39, 0.29) is 5.75 Å². The zero-order valence-corrected chi connectivity index (χ0v) is 20.9. The number of halogens is 4. The predicted molar refractivity (Wildman–Crippen MR) is 141 cm³/mol. The second kappa shape index (κ2) is 10.7. The Morgan fingerprint density at radius 2 is 1.65 bits per heavy atom. The van der Waals surface area contributed by atoms with E-state index in [0.717, 1.165) is 45.6 Å². The van der Waals surface area contributed by atoms with Crippen LogP contribution in [-0.2, 0) is 6.42 Å². The van der Waals surface area contributed by atoms with Gasteiger partial charge in [-0.05, 0) is 59.9 Å². The fraction of sp³-hybridized carbons (Fsp3) is 0.148. The van der Waals surface area contributed by atoms with Gasteiger partial charge in [-0.25, -0.2) is 9.97 Å². The summed E-state index contributed by atoms with van der Waals surface area (Å²) in [5.41, 5.74) is 3.58. The first-order valence-electron chi connectivity index (χ1n) is 11.4. The van der Waals surface area contributed by atoms with E-state index in [4.69, 9.17) is 16.6 Å². The molecule has 5 nitrogen and oxygen atoms in total. The topological polar surface area (TPSA) is 59.9 Å². The van der Waals surface area contributed by atoms with Gasteiger partial charge in [0, 0.05) is 12.7 Å². The number of aromatic nitrogens is 3. The fourth-order valence-corrected chi connectivity index (χ4v) is 4.94. The smallest absolute Gasteiger partial charge is 0.406 e. The van der Waals surface area contributed by atoms with Gasteiger partial charge in [0.25, 0.3) is 0 Å². The molecule has 5 aromatic rings. The number of anilines is 1. The summed E-state index contributed by atoms with van der Waals surface area (Å²) in [7, 11) is 0. The Bertz CT molecular complexity index is 1490. The lowest BCUT2D eigenvalue weighted by molar-refractivity contribution is -0.274. The van der Waals surface area contributed by atoms with Gasteiger partial charge in [0.1, 0.15) is 22.1 Å². The molecule has 0 aliphatic carbocycles. The van der Waals surface area contributed by atoms with Crippen molar-refractivity contribution in [1.82, 2.24) is 15.0 Å². The van der Waals surface area contributed by atoms with Crippen LogP contribution >= 0.6 is 22.9 Å². The van der Waals surface area contributed by atoms with E-state index in [1.54, 1.807) is 18.3 Å². The molecule has 0 aliphatic rings. The van der Waals surface area contributed by atoms with Crippen molar-refractivity contribution in [2.24, 2.45) is 0 Å². The maximum absolute atomic E-state index is 12.4. The van der Waals surface area contributed by atoms with Crippen molar-refractivity contribution in [2.45, 2.75) is 19.2 Å². The number of fused-ring (bicyclic) bond motifs is 1. The van der Waals surface area contributed by atoms with Crippen LogP contribution < -0.4 is 10.1 Å². The zero-order chi connectivity index (χ0) is 25.8. The van der Waals surface area contributed by atoms with Crippen LogP contribution in [0.15, 0.2) is 79.0 Å². The van der Waals surface area contributed by atoms with Crippen LogP contribution in [0.3, 0.4) is 0 Å². The van der Waals surface area contributed by atoms with Crippen molar-refractivity contribution in [1.29, 1.82) is 0 Å². The van der Waals surface area contributed by atoms with Crippen LogP contribution in [0.2, 0.25) is 4.34 Å². The second-order valence-electron chi connectivity index (χ2n) is 8.18. The molecular weight excluding hydrogens is 521 g/mol. The van der Waals surface area contributed by atoms with Gasteiger partial charge in [-0.15, -0.1) is 24.5 Å². The highest BCUT2D eigenvalue weighted by Crippen LogP contribution is 2.33. The maximum atomic E-state index is 12.4. The molecule has 0 atom stereocenters. The van der Waals surface area contributed by atoms with Crippen LogP contribution in [0.5, 0.6) is 5.75 Å². The molecule has 3 heterocycles. The molecule has 0 saturated carbocycles. The summed E-state index contributed by atoms with van der Waals surface area (Å²) in [4.78, 5) is 14.5. The van der Waals surface area contributed by atoms with Crippen molar-refractivity contribution < 1.29 is 17.9 Å². The van der Waals surface area contributed by atoms with Crippen molar-refractivity contribution in [3.8, 4) is 28.4 Å². The van der Waals surface area contributed by atoms with E-state index < -0.39 is 6.36 Å². The second-order valence-corrected chi connectivity index (χ2v) is 9.84. The molecule has 0 radical (unpaired) electrons. The Morgan fingerprint density at radius 1 is 0.919 bits per heavy atom. The number of aryl methyl sites for hydroxylation is 1. The van der Waals surface area contributed by atoms with Gasteiger partial charge in [-0.1, -0.05) is 54.1 Å². The first kappa shape index (κ1) is 25.0. The predicted octanol–water partition coefficient (Wildman–Crippen LogP) is 8.02. The highest BCUT2D eigenvalue weighted by molar-refractivity contribution is 7.22. The standard InChI is InChI=1S/C27H20ClF3N4OS/c28-23-16-21-24(34-25(35-26(21)37-23)22-5-1-2-14-32-22)33-15-3-4-17-6-8-18(9-7-17)19-10-12-20(13-11-19)36-27(29,30)31/h1-2,5-14,16H,3-4,15H2,(H,33,34,35). The monoisotopic (exact) mass is 540 g/mol. The minimum absolute atomic E-state index is 0.238. The first-order valence-corrected chi connectivity index (χ1v) is 12.6. The number of alkyl halides is 3. The van der Waals surface area contributed by atoms with Gasteiger partial charge in [0.2, 0.25) is 0 Å². The number of benzene rings is 2. The number of nitrogens with one attached hydrogen (secondary N) is 1. The molecule has 10 heteroatoms. The van der Waals surface area contributed by atoms with Crippen molar-refractivity contribution in [2.75, 3.05) is 11.9 Å². The molecule has 3 aromatic heterocycles. The van der Waals surface area contributed by atoms with Crippen LogP contribution in [0.4, 0.5) is 19.0 Å². The number of hydrogen-bond donors (Lipinski definition) is 1. The van der Waals surface area contributed by atoms with Crippen LogP contribution in [-0.4, -0.2) is 27.9 Å². The third-order valence-electron chi connectivity index (χ3n) is 5.57. The summed E-state index contributed by atoms with van der Waals surface area (Å²) in [6.07, 6.45) is -1.28. The number of nitrogens with zero attached hydrogens (tertiary/aromatic N) is 3. The van der Waals surface area contributed by atoms with E-state index in [0.29, 0.717) is 22.4 Å². The zero-order valence-electron chi connectivity index (χ0n) is 19.3. The number of rotatable bonds is 8. The molecule has 0 unspecified atom stereocenters. The van der Waals surface area contributed by atoms with E-state index in [2.05, 4.69) is 20.0 Å². The van der Waals surface area contributed by atoms with E-state index in [1.165, 1.54) is 23.5 Å². The molecule has 0 bridgehead atoms. The summed E-state index contributed by atoms with van der Waals surface area (Å²) in [6.45, 7) is 0.698. The van der Waals surface area contributed by atoms with Crippen LogP contribution in [0, 0.1) is 0 Å². The molecule has 37 heavy (non-hydrogen) atoms. The summed E-state index contributed by atoms with van der Waals surface area (Å²) in [6, 6.07) is 21.3. The average molecular weight is 541 g/mol. The molecule has 0 fully saturated rings. The minimum Gasteiger partial charge on any atom is -0.406 e. The normalized spacial score (nSPS) is 11.6. The summed E-state index contributed by atoms with van der Waals surface area (Å²) in [5, 5.41) is 4.30. The summed E-state index contributed by atoms with van der Waals surface area (Å²) in [5.74, 6) is 1.03. The van der Waals surface area contributed by atoms with E-state index in [1.807, 2.05) is 48.5 Å². The first-order chi connectivity index (χ1) is 17.8. The van der Waals surface area contributed by atoms with Crippen molar-refractivity contribution >= 4 is 39.0 Å². The van der Waals surface area contributed by atoms with E-state index in [9.17, 15) is 13.2 Å². The third-order valence-corrected chi connectivity index (χ3v) is 6.72.